The molecule has 0 radical (unpaired) electrons. The Hall–Kier alpha value is -2.54. The van der Waals surface area contributed by atoms with Crippen molar-refractivity contribution in [3.63, 3.8) is 0 Å². The fourth-order valence-electron chi connectivity index (χ4n) is 3.34. The first-order chi connectivity index (χ1) is 12.2. The molecule has 1 aromatic heterocycles. The van der Waals surface area contributed by atoms with Gasteiger partial charge in [-0.2, -0.15) is 5.10 Å². The second-order valence-corrected chi connectivity index (χ2v) is 6.37. The predicted octanol–water partition coefficient (Wildman–Crippen LogP) is 1.66. The van der Waals surface area contributed by atoms with E-state index in [-0.39, 0.29) is 5.91 Å². The van der Waals surface area contributed by atoms with E-state index in [1.54, 1.807) is 6.20 Å². The number of aryl methyl sites for hydroxylation is 1. The number of aromatic amines is 1. The average Bonchev–Trinajstić information content (AvgIpc) is 3.30. The van der Waals surface area contributed by atoms with Crippen LogP contribution in [0.1, 0.15) is 28.5 Å². The Morgan fingerprint density at radius 1 is 1.20 bits per heavy atom. The van der Waals surface area contributed by atoms with Crippen LogP contribution in [-0.4, -0.2) is 58.9 Å². The van der Waals surface area contributed by atoms with Gasteiger partial charge in [-0.3, -0.25) is 14.8 Å². The second kappa shape index (κ2) is 6.76. The molecule has 4 rings (SSSR count). The molecule has 7 nitrogen and oxygen atoms in total. The number of carbonyl (C=O) groups is 1. The van der Waals surface area contributed by atoms with E-state index in [2.05, 4.69) is 21.2 Å². The Morgan fingerprint density at radius 2 is 2.00 bits per heavy atom. The molecule has 2 aliphatic heterocycles. The molecule has 3 heterocycles. The third-order valence-corrected chi connectivity index (χ3v) is 4.80. The summed E-state index contributed by atoms with van der Waals surface area (Å²) in [6.07, 6.45) is 2.42. The van der Waals surface area contributed by atoms with Crippen molar-refractivity contribution in [3.8, 4) is 11.5 Å². The molecule has 7 heteroatoms. The Kier molecular flexibility index (Phi) is 4.31. The summed E-state index contributed by atoms with van der Waals surface area (Å²) in [5, 5.41) is 6.91. The summed E-state index contributed by atoms with van der Waals surface area (Å²) in [6.45, 7) is 6.36. The van der Waals surface area contributed by atoms with Gasteiger partial charge in [0.25, 0.3) is 5.91 Å². The number of piperazine rings is 1. The average molecular weight is 342 g/mol. The molecule has 0 spiro atoms. The molecule has 25 heavy (non-hydrogen) atoms. The second-order valence-electron chi connectivity index (χ2n) is 6.37. The topological polar surface area (TPSA) is 70.7 Å². The standard InChI is InChI=1S/C18H22N4O3/c1-2-15-14(10-19-20-15)18(23)22-7-5-21(6-8-22)11-13-3-4-16-17(9-13)25-12-24-16/h3-4,9-10H,2,5-8,11-12H2,1H3,(H,19,20). The van der Waals surface area contributed by atoms with E-state index in [0.29, 0.717) is 12.4 Å². The van der Waals surface area contributed by atoms with Crippen LogP contribution in [0, 0.1) is 0 Å². The number of fused-ring (bicyclic) bond motifs is 1. The van der Waals surface area contributed by atoms with Crippen molar-refractivity contribution in [2.75, 3.05) is 33.0 Å². The number of hydrogen-bond donors (Lipinski definition) is 1. The summed E-state index contributed by atoms with van der Waals surface area (Å²) in [7, 11) is 0. The number of amides is 1. The van der Waals surface area contributed by atoms with Crippen LogP contribution >= 0.6 is 0 Å². The van der Waals surface area contributed by atoms with Crippen LogP contribution in [0.25, 0.3) is 0 Å². The van der Waals surface area contributed by atoms with Gasteiger partial charge in [-0.15, -0.1) is 0 Å². The zero-order chi connectivity index (χ0) is 17.2. The zero-order valence-electron chi connectivity index (χ0n) is 14.3. The fourth-order valence-corrected chi connectivity index (χ4v) is 3.34. The summed E-state index contributed by atoms with van der Waals surface area (Å²) >= 11 is 0. The minimum Gasteiger partial charge on any atom is -0.454 e. The van der Waals surface area contributed by atoms with Crippen LogP contribution in [0.3, 0.4) is 0 Å². The van der Waals surface area contributed by atoms with Gasteiger partial charge in [0.2, 0.25) is 6.79 Å². The smallest absolute Gasteiger partial charge is 0.257 e. The number of nitrogens with one attached hydrogen (secondary N) is 1. The number of H-pyrrole nitrogens is 1. The van der Waals surface area contributed by atoms with Gasteiger partial charge in [-0.05, 0) is 24.1 Å². The largest absolute Gasteiger partial charge is 0.454 e. The van der Waals surface area contributed by atoms with Gasteiger partial charge in [0, 0.05) is 38.4 Å². The lowest BCUT2D eigenvalue weighted by atomic mass is 10.1. The quantitative estimate of drug-likeness (QED) is 0.915. The number of rotatable bonds is 4. The van der Waals surface area contributed by atoms with Crippen molar-refractivity contribution < 1.29 is 14.3 Å². The highest BCUT2D eigenvalue weighted by Crippen LogP contribution is 2.32. The van der Waals surface area contributed by atoms with Crippen LogP contribution in [0.4, 0.5) is 0 Å². The summed E-state index contributed by atoms with van der Waals surface area (Å²) in [4.78, 5) is 16.9. The molecule has 0 saturated carbocycles. The maximum Gasteiger partial charge on any atom is 0.257 e. The zero-order valence-corrected chi connectivity index (χ0v) is 14.3. The Balaban J connectivity index is 1.34. The first-order valence-electron chi connectivity index (χ1n) is 8.67. The molecular formula is C18H22N4O3. The molecule has 0 unspecified atom stereocenters. The molecule has 1 aromatic carbocycles. The Morgan fingerprint density at radius 3 is 2.80 bits per heavy atom. The number of ether oxygens (including phenoxy) is 2. The normalized spacial score (nSPS) is 17.1. The predicted molar refractivity (Wildman–Crippen MR) is 91.7 cm³/mol. The molecule has 1 N–H and O–H groups in total. The molecular weight excluding hydrogens is 320 g/mol. The highest BCUT2D eigenvalue weighted by Gasteiger charge is 2.24. The van der Waals surface area contributed by atoms with Crippen molar-refractivity contribution in [3.05, 3.63) is 41.2 Å². The van der Waals surface area contributed by atoms with Crippen molar-refractivity contribution in [2.45, 2.75) is 19.9 Å². The summed E-state index contributed by atoms with van der Waals surface area (Å²) < 4.78 is 10.8. The lowest BCUT2D eigenvalue weighted by Crippen LogP contribution is -2.48. The fraction of sp³-hybridized carbons (Fsp3) is 0.444. The van der Waals surface area contributed by atoms with Gasteiger partial charge in [0.15, 0.2) is 11.5 Å². The van der Waals surface area contributed by atoms with E-state index >= 15 is 0 Å². The number of benzene rings is 1. The van der Waals surface area contributed by atoms with Crippen LogP contribution in [-0.2, 0) is 13.0 Å². The highest BCUT2D eigenvalue weighted by molar-refractivity contribution is 5.95. The Labute approximate surface area is 146 Å². The first-order valence-corrected chi connectivity index (χ1v) is 8.67. The molecule has 1 amide bonds. The van der Waals surface area contributed by atoms with Crippen molar-refractivity contribution in [1.29, 1.82) is 0 Å². The summed E-state index contributed by atoms with van der Waals surface area (Å²) in [5.41, 5.74) is 2.81. The lowest BCUT2D eigenvalue weighted by Gasteiger charge is -2.34. The molecule has 0 aliphatic carbocycles. The number of hydrogen-bond acceptors (Lipinski definition) is 5. The highest BCUT2D eigenvalue weighted by atomic mass is 16.7. The van der Waals surface area contributed by atoms with Gasteiger partial charge in [-0.1, -0.05) is 13.0 Å². The summed E-state index contributed by atoms with van der Waals surface area (Å²) in [5.74, 6) is 1.71. The van der Waals surface area contributed by atoms with E-state index in [4.69, 9.17) is 9.47 Å². The number of carbonyl (C=O) groups excluding carboxylic acids is 1. The van der Waals surface area contributed by atoms with Gasteiger partial charge < -0.3 is 14.4 Å². The minimum atomic E-state index is 0.0772. The van der Waals surface area contributed by atoms with Gasteiger partial charge in [0.05, 0.1) is 11.8 Å². The van der Waals surface area contributed by atoms with Crippen LogP contribution < -0.4 is 9.47 Å². The molecule has 0 atom stereocenters. The van der Waals surface area contributed by atoms with E-state index in [0.717, 1.165) is 56.3 Å². The van der Waals surface area contributed by atoms with Crippen molar-refractivity contribution in [1.82, 2.24) is 20.0 Å². The maximum absolute atomic E-state index is 12.7. The van der Waals surface area contributed by atoms with E-state index in [1.165, 1.54) is 5.56 Å². The Bertz CT molecular complexity index is 765. The molecule has 132 valence electrons. The van der Waals surface area contributed by atoms with Crippen molar-refractivity contribution >= 4 is 5.91 Å². The third kappa shape index (κ3) is 3.19. The van der Waals surface area contributed by atoms with Gasteiger partial charge in [0.1, 0.15) is 0 Å². The van der Waals surface area contributed by atoms with Crippen LogP contribution in [0.5, 0.6) is 11.5 Å². The number of aromatic nitrogens is 2. The molecule has 2 aliphatic rings. The monoisotopic (exact) mass is 342 g/mol. The SMILES string of the molecule is CCc1[nH]ncc1C(=O)N1CCN(Cc2ccc3c(c2)OCO3)CC1. The molecule has 2 aromatic rings. The van der Waals surface area contributed by atoms with E-state index < -0.39 is 0 Å². The maximum atomic E-state index is 12.7. The van der Waals surface area contributed by atoms with Crippen LogP contribution in [0.15, 0.2) is 24.4 Å². The summed E-state index contributed by atoms with van der Waals surface area (Å²) in [6, 6.07) is 6.07. The minimum absolute atomic E-state index is 0.0772. The van der Waals surface area contributed by atoms with Crippen molar-refractivity contribution in [2.24, 2.45) is 0 Å². The van der Waals surface area contributed by atoms with E-state index in [1.807, 2.05) is 24.0 Å². The molecule has 1 fully saturated rings. The molecule has 0 bridgehead atoms. The third-order valence-electron chi connectivity index (χ3n) is 4.80. The van der Waals surface area contributed by atoms with Crippen LogP contribution in [0.2, 0.25) is 0 Å². The number of nitrogens with zero attached hydrogens (tertiary/aromatic N) is 3. The lowest BCUT2D eigenvalue weighted by molar-refractivity contribution is 0.0627. The van der Waals surface area contributed by atoms with E-state index in [9.17, 15) is 4.79 Å². The van der Waals surface area contributed by atoms with Gasteiger partial charge >= 0.3 is 0 Å². The van der Waals surface area contributed by atoms with Gasteiger partial charge in [-0.25, -0.2) is 0 Å². The first kappa shape index (κ1) is 16.0. The molecule has 1 saturated heterocycles.